The molecule has 1 N–H and O–H groups in total. The monoisotopic (exact) mass is 286 g/mol. The number of nitrogens with zero attached hydrogens (tertiary/aromatic N) is 1. The van der Waals surface area contributed by atoms with Gasteiger partial charge in [-0.3, -0.25) is 4.98 Å². The van der Waals surface area contributed by atoms with Crippen molar-refractivity contribution in [3.63, 3.8) is 0 Å². The molecule has 0 aliphatic heterocycles. The van der Waals surface area contributed by atoms with E-state index in [1.165, 1.54) is 0 Å². The van der Waals surface area contributed by atoms with Gasteiger partial charge in [0.1, 0.15) is 11.9 Å². The maximum Gasteiger partial charge on any atom is 0.139 e. The van der Waals surface area contributed by atoms with Gasteiger partial charge >= 0.3 is 0 Å². The Bertz CT molecular complexity index is 318. The lowest BCUT2D eigenvalue weighted by molar-refractivity contribution is 0.189. The smallest absolute Gasteiger partial charge is 0.139 e. The molecule has 90 valence electrons. The molecule has 1 rings (SSSR count). The molecule has 0 bridgehead atoms. The number of aromatic nitrogens is 1. The van der Waals surface area contributed by atoms with Gasteiger partial charge in [-0.2, -0.15) is 0 Å². The fourth-order valence-electron chi connectivity index (χ4n) is 1.29. The van der Waals surface area contributed by atoms with Gasteiger partial charge in [-0.25, -0.2) is 0 Å². The Labute approximate surface area is 106 Å². The first kappa shape index (κ1) is 13.5. The Hall–Kier alpha value is -0.610. The number of halogens is 1. The van der Waals surface area contributed by atoms with Crippen LogP contribution >= 0.6 is 15.9 Å². The third-order valence-corrected chi connectivity index (χ3v) is 2.63. The van der Waals surface area contributed by atoms with Crippen molar-refractivity contribution in [3.8, 4) is 5.75 Å². The molecule has 0 aromatic carbocycles. The summed E-state index contributed by atoms with van der Waals surface area (Å²) in [5, 5.41) is 3.37. The van der Waals surface area contributed by atoms with Crippen LogP contribution in [0.15, 0.2) is 22.9 Å². The summed E-state index contributed by atoms with van der Waals surface area (Å²) < 4.78 is 6.78. The minimum absolute atomic E-state index is 0.193. The summed E-state index contributed by atoms with van der Waals surface area (Å²) in [6.07, 6.45) is 4.66. The molecule has 3 nitrogen and oxygen atoms in total. The van der Waals surface area contributed by atoms with E-state index < -0.39 is 0 Å². The van der Waals surface area contributed by atoms with Gasteiger partial charge in [0.25, 0.3) is 0 Å². The highest BCUT2D eigenvalue weighted by Gasteiger charge is 2.08. The molecule has 0 spiro atoms. The van der Waals surface area contributed by atoms with Crippen molar-refractivity contribution in [2.75, 3.05) is 6.54 Å². The van der Waals surface area contributed by atoms with Crippen LogP contribution in [-0.4, -0.2) is 23.7 Å². The Morgan fingerprint density at radius 1 is 1.44 bits per heavy atom. The molecule has 1 aromatic heterocycles. The quantitative estimate of drug-likeness (QED) is 0.873. The highest BCUT2D eigenvalue weighted by Crippen LogP contribution is 2.17. The molecule has 0 fully saturated rings. The fraction of sp³-hybridized carbons (Fsp3) is 0.583. The van der Waals surface area contributed by atoms with Crippen molar-refractivity contribution >= 4 is 15.9 Å². The predicted molar refractivity (Wildman–Crippen MR) is 69.8 cm³/mol. The van der Waals surface area contributed by atoms with Crippen molar-refractivity contribution in [2.24, 2.45) is 0 Å². The molecule has 0 aliphatic carbocycles. The summed E-state index contributed by atoms with van der Waals surface area (Å²) in [4.78, 5) is 4.07. The van der Waals surface area contributed by atoms with E-state index in [0.717, 1.165) is 23.2 Å². The lowest BCUT2D eigenvalue weighted by atomic mass is 10.2. The third kappa shape index (κ3) is 4.94. The molecule has 0 aliphatic rings. The van der Waals surface area contributed by atoms with Crippen molar-refractivity contribution < 1.29 is 4.74 Å². The highest BCUT2D eigenvalue weighted by molar-refractivity contribution is 9.10. The largest absolute Gasteiger partial charge is 0.487 e. The molecule has 0 saturated heterocycles. The predicted octanol–water partition coefficient (Wildman–Crippen LogP) is 3.00. The lowest BCUT2D eigenvalue weighted by Crippen LogP contribution is -2.34. The summed E-state index contributed by atoms with van der Waals surface area (Å²) in [5.41, 5.74) is 0. The van der Waals surface area contributed by atoms with E-state index in [1.807, 2.05) is 6.07 Å². The minimum atomic E-state index is 0.193. The molecule has 0 amide bonds. The van der Waals surface area contributed by atoms with Crippen molar-refractivity contribution in [3.05, 3.63) is 22.9 Å². The van der Waals surface area contributed by atoms with Gasteiger partial charge in [-0.05, 0) is 28.4 Å². The molecule has 0 radical (unpaired) electrons. The van der Waals surface area contributed by atoms with Crippen LogP contribution in [-0.2, 0) is 0 Å². The van der Waals surface area contributed by atoms with E-state index in [1.54, 1.807) is 12.4 Å². The summed E-state index contributed by atoms with van der Waals surface area (Å²) in [5.74, 6) is 0.812. The van der Waals surface area contributed by atoms with E-state index in [2.05, 4.69) is 47.0 Å². The van der Waals surface area contributed by atoms with Crippen LogP contribution in [0.4, 0.5) is 0 Å². The number of hydrogen-bond donors (Lipinski definition) is 1. The zero-order valence-corrected chi connectivity index (χ0v) is 11.6. The van der Waals surface area contributed by atoms with Crippen molar-refractivity contribution in [1.29, 1.82) is 0 Å². The Morgan fingerprint density at radius 2 is 2.19 bits per heavy atom. The number of rotatable bonds is 6. The van der Waals surface area contributed by atoms with Crippen LogP contribution in [0.5, 0.6) is 5.75 Å². The maximum absolute atomic E-state index is 5.84. The molecule has 16 heavy (non-hydrogen) atoms. The normalized spacial score (nSPS) is 12.8. The van der Waals surface area contributed by atoms with Gasteiger partial charge in [0.2, 0.25) is 0 Å². The molecule has 4 heteroatoms. The topological polar surface area (TPSA) is 34.1 Å². The Balaban J connectivity index is 2.49. The number of ether oxygens (including phenoxy) is 1. The number of nitrogens with one attached hydrogen (secondary N) is 1. The maximum atomic E-state index is 5.84. The van der Waals surface area contributed by atoms with Gasteiger partial charge in [0.15, 0.2) is 0 Å². The van der Waals surface area contributed by atoms with E-state index in [9.17, 15) is 0 Å². The number of hydrogen-bond acceptors (Lipinski definition) is 3. The first-order valence-corrected chi connectivity index (χ1v) is 6.41. The zero-order valence-electron chi connectivity index (χ0n) is 10.0. The summed E-state index contributed by atoms with van der Waals surface area (Å²) in [6, 6.07) is 2.42. The lowest BCUT2D eigenvalue weighted by Gasteiger charge is -2.19. The van der Waals surface area contributed by atoms with E-state index in [4.69, 9.17) is 4.74 Å². The molecule has 1 aromatic rings. The SMILES string of the molecule is CCC(CNC(C)C)Oc1cncc(Br)c1. The molecular weight excluding hydrogens is 268 g/mol. The second-order valence-corrected chi connectivity index (χ2v) is 4.97. The van der Waals surface area contributed by atoms with Crippen molar-refractivity contribution in [2.45, 2.75) is 39.3 Å². The first-order valence-electron chi connectivity index (χ1n) is 5.62. The molecule has 1 atom stereocenters. The molecular formula is C12H19BrN2O. The second kappa shape index (κ2) is 6.86. The van der Waals surface area contributed by atoms with Gasteiger partial charge in [0, 0.05) is 23.3 Å². The summed E-state index contributed by atoms with van der Waals surface area (Å²) >= 11 is 3.38. The van der Waals surface area contributed by atoms with Crippen LogP contribution in [0.2, 0.25) is 0 Å². The molecule has 1 unspecified atom stereocenters. The fourth-order valence-corrected chi connectivity index (χ4v) is 1.63. The Morgan fingerprint density at radius 3 is 2.75 bits per heavy atom. The highest BCUT2D eigenvalue weighted by atomic mass is 79.9. The average Bonchev–Trinajstić information content (AvgIpc) is 2.24. The zero-order chi connectivity index (χ0) is 12.0. The standard InChI is InChI=1S/C12H19BrN2O/c1-4-11(8-15-9(2)3)16-12-5-10(13)6-14-7-12/h5-7,9,11,15H,4,8H2,1-3H3. The number of pyridine rings is 1. The Kier molecular flexibility index (Phi) is 5.77. The van der Waals surface area contributed by atoms with E-state index >= 15 is 0 Å². The van der Waals surface area contributed by atoms with Crippen LogP contribution < -0.4 is 10.1 Å². The summed E-state index contributed by atoms with van der Waals surface area (Å²) in [7, 11) is 0. The van der Waals surface area contributed by atoms with Gasteiger partial charge in [-0.15, -0.1) is 0 Å². The summed E-state index contributed by atoms with van der Waals surface area (Å²) in [6.45, 7) is 7.25. The van der Waals surface area contributed by atoms with Gasteiger partial charge in [0.05, 0.1) is 6.20 Å². The second-order valence-electron chi connectivity index (χ2n) is 4.05. The van der Waals surface area contributed by atoms with Gasteiger partial charge < -0.3 is 10.1 Å². The van der Waals surface area contributed by atoms with Crippen LogP contribution in [0.1, 0.15) is 27.2 Å². The molecule has 0 saturated carbocycles. The van der Waals surface area contributed by atoms with E-state index in [0.29, 0.717) is 6.04 Å². The first-order chi connectivity index (χ1) is 7.61. The van der Waals surface area contributed by atoms with Crippen LogP contribution in [0.3, 0.4) is 0 Å². The van der Waals surface area contributed by atoms with Crippen LogP contribution in [0, 0.1) is 0 Å². The van der Waals surface area contributed by atoms with E-state index in [-0.39, 0.29) is 6.10 Å². The molecule has 1 heterocycles. The third-order valence-electron chi connectivity index (χ3n) is 2.19. The average molecular weight is 287 g/mol. The van der Waals surface area contributed by atoms with Crippen LogP contribution in [0.25, 0.3) is 0 Å². The van der Waals surface area contributed by atoms with Crippen molar-refractivity contribution in [1.82, 2.24) is 10.3 Å². The van der Waals surface area contributed by atoms with Gasteiger partial charge in [-0.1, -0.05) is 20.8 Å². The minimum Gasteiger partial charge on any atom is -0.487 e.